The SMILES string of the molecule is CN(C(=O)c1cncc(O)c1)[C@@H]1CNC[C@H]1O. The van der Waals surface area contributed by atoms with E-state index in [0.717, 1.165) is 0 Å². The number of nitrogens with one attached hydrogen (secondary N) is 1. The molecule has 2 heterocycles. The summed E-state index contributed by atoms with van der Waals surface area (Å²) in [5, 5.41) is 22.0. The Labute approximate surface area is 98.9 Å². The van der Waals surface area contributed by atoms with Crippen LogP contribution in [0.2, 0.25) is 0 Å². The van der Waals surface area contributed by atoms with E-state index in [1.807, 2.05) is 0 Å². The van der Waals surface area contributed by atoms with E-state index in [0.29, 0.717) is 18.7 Å². The number of aromatic nitrogens is 1. The van der Waals surface area contributed by atoms with E-state index in [4.69, 9.17) is 0 Å². The lowest BCUT2D eigenvalue weighted by Gasteiger charge is -2.26. The molecule has 1 aromatic heterocycles. The van der Waals surface area contributed by atoms with Gasteiger partial charge in [0.05, 0.1) is 23.9 Å². The van der Waals surface area contributed by atoms with Crippen LogP contribution in [0.4, 0.5) is 0 Å². The molecule has 0 radical (unpaired) electrons. The fourth-order valence-electron chi connectivity index (χ4n) is 1.95. The summed E-state index contributed by atoms with van der Waals surface area (Å²) < 4.78 is 0. The third kappa shape index (κ3) is 2.37. The molecule has 0 saturated carbocycles. The standard InChI is InChI=1S/C11H15N3O3/c1-14(9-5-13-6-10(9)16)11(17)7-2-8(15)4-12-3-7/h2-4,9-10,13,15-16H,5-6H2,1H3/t9-,10-/m1/s1. The first-order valence-electron chi connectivity index (χ1n) is 5.39. The van der Waals surface area contributed by atoms with Crippen molar-refractivity contribution in [3.05, 3.63) is 24.0 Å². The van der Waals surface area contributed by atoms with E-state index in [9.17, 15) is 15.0 Å². The van der Waals surface area contributed by atoms with Gasteiger partial charge in [-0.2, -0.15) is 0 Å². The second-order valence-electron chi connectivity index (χ2n) is 4.14. The predicted molar refractivity (Wildman–Crippen MR) is 60.7 cm³/mol. The monoisotopic (exact) mass is 237 g/mol. The topological polar surface area (TPSA) is 85.7 Å². The minimum absolute atomic E-state index is 0.0469. The molecule has 6 nitrogen and oxygen atoms in total. The largest absolute Gasteiger partial charge is 0.506 e. The van der Waals surface area contributed by atoms with Crippen LogP contribution < -0.4 is 5.32 Å². The quantitative estimate of drug-likeness (QED) is 0.626. The fourth-order valence-corrected chi connectivity index (χ4v) is 1.95. The molecule has 17 heavy (non-hydrogen) atoms. The lowest BCUT2D eigenvalue weighted by molar-refractivity contribution is 0.0580. The first kappa shape index (κ1) is 11.8. The van der Waals surface area contributed by atoms with Crippen LogP contribution in [0.25, 0.3) is 0 Å². The summed E-state index contributed by atoms with van der Waals surface area (Å²) in [6.45, 7) is 1.05. The normalized spacial score (nSPS) is 23.6. The number of aliphatic hydroxyl groups excluding tert-OH is 1. The van der Waals surface area contributed by atoms with Gasteiger partial charge in [-0.25, -0.2) is 0 Å². The molecule has 0 aromatic carbocycles. The Morgan fingerprint density at radius 2 is 2.29 bits per heavy atom. The van der Waals surface area contributed by atoms with Crippen molar-refractivity contribution < 1.29 is 15.0 Å². The number of likely N-dealkylation sites (N-methyl/N-ethyl adjacent to an activating group) is 1. The van der Waals surface area contributed by atoms with Gasteiger partial charge in [0.1, 0.15) is 5.75 Å². The number of nitrogens with zero attached hydrogens (tertiary/aromatic N) is 2. The molecule has 0 aliphatic carbocycles. The van der Waals surface area contributed by atoms with Crippen molar-refractivity contribution in [2.24, 2.45) is 0 Å². The summed E-state index contributed by atoms with van der Waals surface area (Å²) in [7, 11) is 1.63. The van der Waals surface area contributed by atoms with E-state index in [1.54, 1.807) is 7.05 Å². The Kier molecular flexibility index (Phi) is 3.26. The van der Waals surface area contributed by atoms with Crippen molar-refractivity contribution in [2.45, 2.75) is 12.1 Å². The lowest BCUT2D eigenvalue weighted by atomic mass is 10.1. The van der Waals surface area contributed by atoms with Gasteiger partial charge in [-0.15, -0.1) is 0 Å². The van der Waals surface area contributed by atoms with E-state index < -0.39 is 6.10 Å². The molecule has 6 heteroatoms. The molecule has 1 aliphatic heterocycles. The molecule has 0 spiro atoms. The number of β-amino-alcohol motifs (C(OH)–C–C–N with tert-alkyl or cyclic N) is 1. The number of amides is 1. The zero-order valence-electron chi connectivity index (χ0n) is 9.50. The van der Waals surface area contributed by atoms with Crippen LogP contribution in [-0.2, 0) is 0 Å². The highest BCUT2D eigenvalue weighted by atomic mass is 16.3. The molecule has 92 valence electrons. The maximum absolute atomic E-state index is 12.1. The number of hydrogen-bond donors (Lipinski definition) is 3. The van der Waals surface area contributed by atoms with Crippen molar-refractivity contribution in [3.63, 3.8) is 0 Å². The zero-order valence-corrected chi connectivity index (χ0v) is 9.50. The van der Waals surface area contributed by atoms with Gasteiger partial charge in [0.2, 0.25) is 0 Å². The summed E-state index contributed by atoms with van der Waals surface area (Å²) in [4.78, 5) is 17.3. The first-order chi connectivity index (χ1) is 8.09. The highest BCUT2D eigenvalue weighted by Gasteiger charge is 2.31. The van der Waals surface area contributed by atoms with Crippen LogP contribution in [0.15, 0.2) is 18.5 Å². The first-order valence-corrected chi connectivity index (χ1v) is 5.39. The van der Waals surface area contributed by atoms with E-state index in [-0.39, 0.29) is 17.7 Å². The fraction of sp³-hybridized carbons (Fsp3) is 0.455. The number of carbonyl (C=O) groups is 1. The minimum Gasteiger partial charge on any atom is -0.506 e. The van der Waals surface area contributed by atoms with Crippen molar-refractivity contribution in [2.75, 3.05) is 20.1 Å². The molecule has 1 saturated heterocycles. The van der Waals surface area contributed by atoms with Crippen molar-refractivity contribution in [3.8, 4) is 5.75 Å². The number of rotatable bonds is 2. The molecule has 1 aliphatic rings. The van der Waals surface area contributed by atoms with Gasteiger partial charge in [-0.05, 0) is 6.07 Å². The summed E-state index contributed by atoms with van der Waals surface area (Å²) in [5.41, 5.74) is 0.312. The second-order valence-corrected chi connectivity index (χ2v) is 4.14. The van der Waals surface area contributed by atoms with Gasteiger partial charge >= 0.3 is 0 Å². The van der Waals surface area contributed by atoms with E-state index in [1.165, 1.54) is 23.4 Å². The van der Waals surface area contributed by atoms with Crippen molar-refractivity contribution in [1.29, 1.82) is 0 Å². The molecule has 0 unspecified atom stereocenters. The maximum Gasteiger partial charge on any atom is 0.255 e. The number of hydrogen-bond acceptors (Lipinski definition) is 5. The van der Waals surface area contributed by atoms with Gasteiger partial charge in [-0.1, -0.05) is 0 Å². The third-order valence-corrected chi connectivity index (χ3v) is 2.94. The Hall–Kier alpha value is -1.66. The predicted octanol–water partition coefficient (Wildman–Crippen LogP) is -0.808. The molecular weight excluding hydrogens is 222 g/mol. The molecule has 2 atom stereocenters. The summed E-state index contributed by atoms with van der Waals surface area (Å²) >= 11 is 0. The smallest absolute Gasteiger partial charge is 0.255 e. The second kappa shape index (κ2) is 4.68. The van der Waals surface area contributed by atoms with Gasteiger partial charge < -0.3 is 20.4 Å². The summed E-state index contributed by atoms with van der Waals surface area (Å²) in [6, 6.07) is 1.12. The molecule has 0 bridgehead atoms. The van der Waals surface area contributed by atoms with Crippen LogP contribution in [0.5, 0.6) is 5.75 Å². The maximum atomic E-state index is 12.1. The van der Waals surface area contributed by atoms with Gasteiger partial charge in [-0.3, -0.25) is 9.78 Å². The molecule has 2 rings (SSSR count). The molecule has 1 fully saturated rings. The van der Waals surface area contributed by atoms with Crippen LogP contribution in [0, 0.1) is 0 Å². The number of carbonyl (C=O) groups excluding carboxylic acids is 1. The average Bonchev–Trinajstić information content (AvgIpc) is 2.73. The number of pyridine rings is 1. The summed E-state index contributed by atoms with van der Waals surface area (Å²) in [5.74, 6) is -0.310. The molecule has 1 aromatic rings. The van der Waals surface area contributed by atoms with Crippen LogP contribution in [0.1, 0.15) is 10.4 Å². The highest BCUT2D eigenvalue weighted by molar-refractivity contribution is 5.94. The zero-order chi connectivity index (χ0) is 12.4. The molecule has 3 N–H and O–H groups in total. The summed E-state index contributed by atoms with van der Waals surface area (Å²) in [6.07, 6.45) is 2.10. The minimum atomic E-state index is -0.561. The van der Waals surface area contributed by atoms with Crippen LogP contribution in [0.3, 0.4) is 0 Å². The van der Waals surface area contributed by atoms with Crippen molar-refractivity contribution in [1.82, 2.24) is 15.2 Å². The average molecular weight is 237 g/mol. The lowest BCUT2D eigenvalue weighted by Crippen LogP contribution is -2.44. The van der Waals surface area contributed by atoms with Crippen LogP contribution >= 0.6 is 0 Å². The van der Waals surface area contributed by atoms with Gasteiger partial charge in [0.15, 0.2) is 0 Å². The molecular formula is C11H15N3O3. The van der Waals surface area contributed by atoms with Crippen molar-refractivity contribution >= 4 is 5.91 Å². The van der Waals surface area contributed by atoms with Gasteiger partial charge in [0.25, 0.3) is 5.91 Å². The van der Waals surface area contributed by atoms with E-state index >= 15 is 0 Å². The Morgan fingerprint density at radius 3 is 2.88 bits per heavy atom. The van der Waals surface area contributed by atoms with E-state index in [2.05, 4.69) is 10.3 Å². The van der Waals surface area contributed by atoms with Crippen LogP contribution in [-0.4, -0.2) is 58.3 Å². The van der Waals surface area contributed by atoms with Gasteiger partial charge in [0, 0.05) is 26.3 Å². The highest BCUT2D eigenvalue weighted by Crippen LogP contribution is 2.14. The third-order valence-electron chi connectivity index (χ3n) is 2.94. The number of aliphatic hydroxyl groups is 1. The Morgan fingerprint density at radius 1 is 1.53 bits per heavy atom. The Balaban J connectivity index is 2.14. The Bertz CT molecular complexity index is 424. The molecule has 1 amide bonds. The number of aromatic hydroxyl groups is 1.